The summed E-state index contributed by atoms with van der Waals surface area (Å²) in [6, 6.07) is 20.9. The lowest BCUT2D eigenvalue weighted by Gasteiger charge is -2.27. The van der Waals surface area contributed by atoms with E-state index in [2.05, 4.69) is 24.9 Å². The van der Waals surface area contributed by atoms with Gasteiger partial charge in [-0.25, -0.2) is 9.97 Å². The Kier molecular flexibility index (Phi) is 6.49. The molecule has 0 spiro atoms. The van der Waals surface area contributed by atoms with E-state index in [1.54, 1.807) is 30.3 Å². The summed E-state index contributed by atoms with van der Waals surface area (Å²) < 4.78 is 35.3. The van der Waals surface area contributed by atoms with Crippen LogP contribution in [0.4, 0.5) is 20.4 Å². The van der Waals surface area contributed by atoms with Crippen molar-refractivity contribution in [3.8, 4) is 16.9 Å². The second-order valence-electron chi connectivity index (χ2n) is 7.91. The molecule has 0 radical (unpaired) electrons. The van der Waals surface area contributed by atoms with Crippen LogP contribution in [0, 0.1) is 0 Å². The fraction of sp³-hybridized carbons (Fsp3) is 0.192. The highest BCUT2D eigenvalue weighted by Crippen LogP contribution is 2.30. The summed E-state index contributed by atoms with van der Waals surface area (Å²) in [4.78, 5) is 24.3. The van der Waals surface area contributed by atoms with E-state index < -0.39 is 12.5 Å². The number of para-hydroxylation sites is 1. The van der Waals surface area contributed by atoms with Crippen LogP contribution in [-0.2, 0) is 4.74 Å². The van der Waals surface area contributed by atoms with E-state index in [0.717, 1.165) is 24.3 Å². The third-order valence-electron chi connectivity index (χ3n) is 5.63. The van der Waals surface area contributed by atoms with Gasteiger partial charge in [-0.1, -0.05) is 42.5 Å². The van der Waals surface area contributed by atoms with Crippen molar-refractivity contribution in [1.82, 2.24) is 9.97 Å². The molecule has 0 atom stereocenters. The number of nitrogens with zero attached hydrogens (tertiary/aromatic N) is 3. The number of aromatic nitrogens is 2. The number of carbonyl (C=O) groups is 1. The molecule has 2 aromatic heterocycles. The summed E-state index contributed by atoms with van der Waals surface area (Å²) in [5.74, 6) is 0.842. The maximum Gasteiger partial charge on any atom is 0.387 e. The van der Waals surface area contributed by atoms with Crippen LogP contribution < -0.4 is 15.0 Å². The monoisotopic (exact) mass is 476 g/mol. The van der Waals surface area contributed by atoms with E-state index in [0.29, 0.717) is 35.7 Å². The molecule has 2 aromatic carbocycles. The second-order valence-corrected chi connectivity index (χ2v) is 7.91. The molecule has 0 unspecified atom stereocenters. The van der Waals surface area contributed by atoms with E-state index >= 15 is 0 Å². The number of alkyl halides is 2. The average molecular weight is 476 g/mol. The van der Waals surface area contributed by atoms with Crippen molar-refractivity contribution in [3.05, 3.63) is 78.5 Å². The van der Waals surface area contributed by atoms with Crippen molar-refractivity contribution >= 4 is 28.4 Å². The van der Waals surface area contributed by atoms with Gasteiger partial charge in [0.25, 0.3) is 5.91 Å². The van der Waals surface area contributed by atoms with Gasteiger partial charge in [0.05, 0.1) is 18.7 Å². The maximum absolute atomic E-state index is 13.0. The Bertz CT molecular complexity index is 1360. The smallest absolute Gasteiger partial charge is 0.387 e. The number of fused-ring (bicyclic) bond motifs is 1. The van der Waals surface area contributed by atoms with Crippen LogP contribution in [0.2, 0.25) is 0 Å². The molecule has 0 saturated carbocycles. The number of hydrogen-bond donors (Lipinski definition) is 1. The SMILES string of the molecule is O=C(Nc1cccc(N2CCOCC2)n1)c1ccc2cccc(-c3cccc(OC(F)F)c3)c2n1. The van der Waals surface area contributed by atoms with E-state index in [1.807, 2.05) is 30.3 Å². The fourth-order valence-corrected chi connectivity index (χ4v) is 3.99. The Labute approximate surface area is 200 Å². The van der Waals surface area contributed by atoms with Gasteiger partial charge in [0.15, 0.2) is 0 Å². The van der Waals surface area contributed by atoms with E-state index in [4.69, 9.17) is 4.74 Å². The molecule has 3 heterocycles. The number of rotatable bonds is 6. The summed E-state index contributed by atoms with van der Waals surface area (Å²) >= 11 is 0. The van der Waals surface area contributed by atoms with Crippen molar-refractivity contribution in [2.24, 2.45) is 0 Å². The van der Waals surface area contributed by atoms with Crippen LogP contribution in [-0.4, -0.2) is 48.8 Å². The van der Waals surface area contributed by atoms with Crippen molar-refractivity contribution in [2.75, 3.05) is 36.5 Å². The van der Waals surface area contributed by atoms with Crippen LogP contribution in [0.5, 0.6) is 5.75 Å². The number of pyridine rings is 2. The zero-order valence-electron chi connectivity index (χ0n) is 18.7. The molecule has 1 aliphatic heterocycles. The predicted octanol–water partition coefficient (Wildman–Crippen LogP) is 4.99. The molecule has 1 saturated heterocycles. The molecule has 0 aliphatic carbocycles. The molecular formula is C26H22F2N4O3. The summed E-state index contributed by atoms with van der Waals surface area (Å²) in [6.07, 6.45) is 0. The molecule has 5 rings (SSSR count). The lowest BCUT2D eigenvalue weighted by molar-refractivity contribution is -0.0498. The topological polar surface area (TPSA) is 76.6 Å². The van der Waals surface area contributed by atoms with E-state index in [-0.39, 0.29) is 11.4 Å². The molecule has 1 fully saturated rings. The Morgan fingerprint density at radius 3 is 2.60 bits per heavy atom. The van der Waals surface area contributed by atoms with Crippen molar-refractivity contribution in [2.45, 2.75) is 6.61 Å². The molecule has 4 aromatic rings. The minimum atomic E-state index is -2.92. The Hall–Kier alpha value is -4.11. The van der Waals surface area contributed by atoms with Gasteiger partial charge < -0.3 is 19.7 Å². The molecule has 1 aliphatic rings. The van der Waals surface area contributed by atoms with Crippen molar-refractivity contribution in [1.29, 1.82) is 0 Å². The van der Waals surface area contributed by atoms with Crippen molar-refractivity contribution < 1.29 is 23.0 Å². The summed E-state index contributed by atoms with van der Waals surface area (Å²) in [5, 5.41) is 3.63. The highest BCUT2D eigenvalue weighted by Gasteiger charge is 2.16. The standard InChI is InChI=1S/C26H22F2N4O3/c27-26(28)35-19-6-1-5-18(16-19)20-7-2-4-17-10-11-21(29-24(17)20)25(33)31-22-8-3-9-23(30-22)32-12-14-34-15-13-32/h1-11,16,26H,12-15H2,(H,30,31,33). The van der Waals surface area contributed by atoms with Crippen molar-refractivity contribution in [3.63, 3.8) is 0 Å². The number of nitrogens with one attached hydrogen (secondary N) is 1. The number of halogens is 2. The van der Waals surface area contributed by atoms with Crippen LogP contribution in [0.3, 0.4) is 0 Å². The molecule has 1 N–H and O–H groups in total. The normalized spacial score (nSPS) is 13.7. The van der Waals surface area contributed by atoms with Gasteiger partial charge >= 0.3 is 6.61 Å². The molecule has 9 heteroatoms. The molecular weight excluding hydrogens is 454 g/mol. The van der Waals surface area contributed by atoms with Gasteiger partial charge in [-0.3, -0.25) is 4.79 Å². The summed E-state index contributed by atoms with van der Waals surface area (Å²) in [5.41, 5.74) is 2.14. The van der Waals surface area contributed by atoms with Gasteiger partial charge in [0, 0.05) is 24.0 Å². The zero-order valence-corrected chi connectivity index (χ0v) is 18.7. The first kappa shape index (κ1) is 22.7. The first-order valence-electron chi connectivity index (χ1n) is 11.1. The van der Waals surface area contributed by atoms with Crippen LogP contribution in [0.1, 0.15) is 10.5 Å². The molecule has 35 heavy (non-hydrogen) atoms. The average Bonchev–Trinajstić information content (AvgIpc) is 2.88. The Morgan fingerprint density at radius 1 is 0.971 bits per heavy atom. The number of hydrogen-bond acceptors (Lipinski definition) is 6. The minimum absolute atomic E-state index is 0.0506. The number of carbonyl (C=O) groups excluding carboxylic acids is 1. The van der Waals surface area contributed by atoms with Gasteiger partial charge in [-0.05, 0) is 35.9 Å². The number of ether oxygens (including phenoxy) is 2. The second kappa shape index (κ2) is 10.0. The fourth-order valence-electron chi connectivity index (χ4n) is 3.99. The van der Waals surface area contributed by atoms with Gasteiger partial charge in [0.2, 0.25) is 0 Å². The molecule has 178 valence electrons. The quantitative estimate of drug-likeness (QED) is 0.423. The number of benzene rings is 2. The first-order chi connectivity index (χ1) is 17.1. The Balaban J connectivity index is 1.42. The maximum atomic E-state index is 13.0. The highest BCUT2D eigenvalue weighted by molar-refractivity contribution is 6.05. The lowest BCUT2D eigenvalue weighted by atomic mass is 10.0. The number of morpholine rings is 1. The van der Waals surface area contributed by atoms with E-state index in [1.165, 1.54) is 12.1 Å². The summed E-state index contributed by atoms with van der Waals surface area (Å²) in [6.45, 7) is -0.162. The Morgan fingerprint density at radius 2 is 1.77 bits per heavy atom. The predicted molar refractivity (Wildman–Crippen MR) is 129 cm³/mol. The van der Waals surface area contributed by atoms with Gasteiger partial charge in [0.1, 0.15) is 23.1 Å². The molecule has 0 bridgehead atoms. The van der Waals surface area contributed by atoms with Crippen LogP contribution in [0.15, 0.2) is 72.8 Å². The third-order valence-corrected chi connectivity index (χ3v) is 5.63. The van der Waals surface area contributed by atoms with Gasteiger partial charge in [-0.15, -0.1) is 0 Å². The van der Waals surface area contributed by atoms with E-state index in [9.17, 15) is 13.6 Å². The third kappa shape index (κ3) is 5.20. The minimum Gasteiger partial charge on any atom is -0.435 e. The number of anilines is 2. The molecule has 7 nitrogen and oxygen atoms in total. The lowest BCUT2D eigenvalue weighted by Crippen LogP contribution is -2.36. The van der Waals surface area contributed by atoms with Gasteiger partial charge in [-0.2, -0.15) is 8.78 Å². The zero-order chi connectivity index (χ0) is 24.2. The number of amides is 1. The first-order valence-corrected chi connectivity index (χ1v) is 11.1. The largest absolute Gasteiger partial charge is 0.435 e. The summed E-state index contributed by atoms with van der Waals surface area (Å²) in [7, 11) is 0. The highest BCUT2D eigenvalue weighted by atomic mass is 19.3. The molecule has 1 amide bonds. The van der Waals surface area contributed by atoms with Crippen LogP contribution >= 0.6 is 0 Å². The van der Waals surface area contributed by atoms with Crippen LogP contribution in [0.25, 0.3) is 22.0 Å².